The summed E-state index contributed by atoms with van der Waals surface area (Å²) in [6.45, 7) is 2.12. The highest BCUT2D eigenvalue weighted by atomic mass is 127. The predicted molar refractivity (Wildman–Crippen MR) is 119 cm³/mol. The van der Waals surface area contributed by atoms with Crippen LogP contribution in [0.5, 0.6) is 0 Å². The zero-order valence-corrected chi connectivity index (χ0v) is 18.1. The number of cyclic esters (lactones) is 1. The molecular weight excluding hydrogens is 515 g/mol. The molecule has 2 aromatic carbocycles. The maximum atomic E-state index is 14.6. The second-order valence-corrected chi connectivity index (χ2v) is 8.15. The number of thiocarbonyl (C=S) groups is 1. The van der Waals surface area contributed by atoms with Gasteiger partial charge in [-0.05, 0) is 53.8 Å². The number of benzene rings is 1. The van der Waals surface area contributed by atoms with Crippen LogP contribution >= 0.6 is 34.8 Å². The molecule has 29 heavy (non-hydrogen) atoms. The lowest BCUT2D eigenvalue weighted by Gasteiger charge is -2.16. The summed E-state index contributed by atoms with van der Waals surface area (Å²) in [5, 5.41) is 5.39. The quantitative estimate of drug-likeness (QED) is 0.450. The lowest BCUT2D eigenvalue weighted by atomic mass is 10.2. The normalized spacial score (nSPS) is 15.8. The highest BCUT2D eigenvalue weighted by molar-refractivity contribution is 14.1. The van der Waals surface area contributed by atoms with Gasteiger partial charge in [-0.3, -0.25) is 9.69 Å². The summed E-state index contributed by atoms with van der Waals surface area (Å²) >= 11 is 6.94. The number of halogens is 3. The third kappa shape index (κ3) is 5.18. The van der Waals surface area contributed by atoms with Crippen molar-refractivity contribution in [2.24, 2.45) is 0 Å². The molecule has 1 aliphatic rings. The molecule has 0 saturated carbocycles. The van der Waals surface area contributed by atoms with Crippen molar-refractivity contribution in [2.45, 2.75) is 13.0 Å². The van der Waals surface area contributed by atoms with E-state index < -0.39 is 34.9 Å². The Morgan fingerprint density at radius 2 is 1.90 bits per heavy atom. The second kappa shape index (κ2) is 8.99. The standard InChI is InChI=1S/C19H16F2IN3O3S/c1-10(29)23-8-13-9-25(19(27)28-13)12-6-14(20)18(15(21)7-12)24-16-4-2-11(22)3-5-17(16)26/h2-7,13H,8-9H2,1H3,(H,23,29)(H,24,26)/t13-/m0/s1. The molecule has 0 unspecified atom stereocenters. The highest BCUT2D eigenvalue weighted by Gasteiger charge is 2.33. The zero-order chi connectivity index (χ0) is 21.1. The van der Waals surface area contributed by atoms with Crippen LogP contribution in [0.3, 0.4) is 0 Å². The molecule has 1 heterocycles. The lowest BCUT2D eigenvalue weighted by molar-refractivity contribution is 0.143. The molecule has 0 bridgehead atoms. The fourth-order valence-electron chi connectivity index (χ4n) is 2.71. The van der Waals surface area contributed by atoms with Gasteiger partial charge in [-0.15, -0.1) is 0 Å². The monoisotopic (exact) mass is 531 g/mol. The van der Waals surface area contributed by atoms with Gasteiger partial charge in [0.15, 0.2) is 11.6 Å². The van der Waals surface area contributed by atoms with Crippen LogP contribution in [-0.4, -0.2) is 30.3 Å². The molecule has 0 spiro atoms. The summed E-state index contributed by atoms with van der Waals surface area (Å²) in [6, 6.07) is 8.04. The van der Waals surface area contributed by atoms with Crippen LogP contribution in [-0.2, 0) is 4.74 Å². The molecule has 1 aliphatic heterocycles. The van der Waals surface area contributed by atoms with Gasteiger partial charge >= 0.3 is 6.09 Å². The number of hydrogen-bond acceptors (Lipinski definition) is 5. The molecule has 1 amide bonds. The number of nitrogens with zero attached hydrogens (tertiary/aromatic N) is 1. The van der Waals surface area contributed by atoms with E-state index in [1.54, 1.807) is 19.1 Å². The van der Waals surface area contributed by atoms with Gasteiger partial charge in [0.05, 0.1) is 29.5 Å². The van der Waals surface area contributed by atoms with E-state index >= 15 is 0 Å². The average molecular weight is 531 g/mol. The minimum atomic E-state index is -0.940. The summed E-state index contributed by atoms with van der Waals surface area (Å²) in [6.07, 6.45) is -1.20. The van der Waals surface area contributed by atoms with Crippen LogP contribution in [0.25, 0.3) is 0 Å². The van der Waals surface area contributed by atoms with Gasteiger partial charge in [0.1, 0.15) is 11.8 Å². The Kier molecular flexibility index (Phi) is 6.63. The van der Waals surface area contributed by atoms with Crippen LogP contribution in [0.2, 0.25) is 0 Å². The van der Waals surface area contributed by atoms with Gasteiger partial charge in [-0.1, -0.05) is 12.2 Å². The van der Waals surface area contributed by atoms with E-state index in [1.165, 1.54) is 12.1 Å². The van der Waals surface area contributed by atoms with Gasteiger partial charge < -0.3 is 15.4 Å². The van der Waals surface area contributed by atoms with Crippen molar-refractivity contribution in [2.75, 3.05) is 23.3 Å². The Bertz CT molecular complexity index is 1010. The van der Waals surface area contributed by atoms with Gasteiger partial charge in [-0.25, -0.2) is 13.6 Å². The molecule has 0 aromatic heterocycles. The third-order valence-corrected chi connectivity index (χ3v) is 4.98. The topological polar surface area (TPSA) is 70.7 Å². The van der Waals surface area contributed by atoms with E-state index in [4.69, 9.17) is 17.0 Å². The number of amides is 1. The first kappa shape index (κ1) is 21.4. The van der Waals surface area contributed by atoms with E-state index in [2.05, 4.69) is 10.6 Å². The smallest absolute Gasteiger partial charge is 0.414 e. The van der Waals surface area contributed by atoms with E-state index in [1.807, 2.05) is 22.6 Å². The summed E-state index contributed by atoms with van der Waals surface area (Å²) in [5.41, 5.74) is -0.842. The first-order valence-corrected chi connectivity index (χ1v) is 10.0. The predicted octanol–water partition coefficient (Wildman–Crippen LogP) is 3.94. The van der Waals surface area contributed by atoms with E-state index in [0.717, 1.165) is 20.6 Å². The molecule has 1 atom stereocenters. The van der Waals surface area contributed by atoms with Crippen molar-refractivity contribution >= 4 is 63.0 Å². The van der Waals surface area contributed by atoms with Gasteiger partial charge in [0.2, 0.25) is 5.43 Å². The Balaban J connectivity index is 1.83. The molecule has 152 valence electrons. The number of carbonyl (C=O) groups is 1. The minimum absolute atomic E-state index is 0.0210. The lowest BCUT2D eigenvalue weighted by Crippen LogP contribution is -2.32. The number of rotatable bonds is 5. The van der Waals surface area contributed by atoms with Crippen molar-refractivity contribution in [1.82, 2.24) is 5.32 Å². The van der Waals surface area contributed by atoms with Crippen molar-refractivity contribution in [3.8, 4) is 0 Å². The van der Waals surface area contributed by atoms with E-state index in [-0.39, 0.29) is 17.9 Å². The molecule has 10 heteroatoms. The molecule has 0 radical (unpaired) electrons. The summed E-state index contributed by atoms with van der Waals surface area (Å²) in [7, 11) is 0. The summed E-state index contributed by atoms with van der Waals surface area (Å²) < 4.78 is 35.2. The number of anilines is 3. The highest BCUT2D eigenvalue weighted by Crippen LogP contribution is 2.30. The fourth-order valence-corrected chi connectivity index (χ4v) is 3.16. The number of carbonyl (C=O) groups excluding carboxylic acids is 1. The summed E-state index contributed by atoms with van der Waals surface area (Å²) in [5.74, 6) is -1.88. The van der Waals surface area contributed by atoms with Crippen molar-refractivity contribution < 1.29 is 18.3 Å². The maximum absolute atomic E-state index is 14.6. The van der Waals surface area contributed by atoms with E-state index in [9.17, 15) is 18.4 Å². The average Bonchev–Trinajstić information content (AvgIpc) is 2.95. The molecule has 3 rings (SSSR count). The first-order chi connectivity index (χ1) is 13.7. The van der Waals surface area contributed by atoms with Crippen LogP contribution < -0.4 is 21.0 Å². The molecule has 6 nitrogen and oxygen atoms in total. The summed E-state index contributed by atoms with van der Waals surface area (Å²) in [4.78, 5) is 25.8. The van der Waals surface area contributed by atoms with Gasteiger partial charge in [0, 0.05) is 15.7 Å². The number of ether oxygens (including phenoxy) is 1. The Labute approximate surface area is 184 Å². The largest absolute Gasteiger partial charge is 0.442 e. The van der Waals surface area contributed by atoms with Crippen LogP contribution in [0, 0.1) is 15.2 Å². The second-order valence-electron chi connectivity index (χ2n) is 6.29. The van der Waals surface area contributed by atoms with Crippen LogP contribution in [0.4, 0.5) is 30.6 Å². The zero-order valence-electron chi connectivity index (χ0n) is 15.2. The molecule has 2 N–H and O–H groups in total. The number of hydrogen-bond donors (Lipinski definition) is 2. The molecular formula is C19H16F2IN3O3S. The van der Waals surface area contributed by atoms with Gasteiger partial charge in [0.25, 0.3) is 0 Å². The van der Waals surface area contributed by atoms with Crippen molar-refractivity contribution in [3.63, 3.8) is 0 Å². The molecule has 1 fully saturated rings. The van der Waals surface area contributed by atoms with Crippen LogP contribution in [0.15, 0.2) is 41.2 Å². The fraction of sp³-hybridized carbons (Fsp3) is 0.211. The first-order valence-electron chi connectivity index (χ1n) is 8.53. The molecule has 0 aliphatic carbocycles. The Morgan fingerprint density at radius 3 is 2.55 bits per heavy atom. The third-order valence-electron chi connectivity index (χ3n) is 4.12. The molecule has 1 saturated heterocycles. The van der Waals surface area contributed by atoms with Gasteiger partial charge in [-0.2, -0.15) is 0 Å². The number of nitrogens with one attached hydrogen (secondary N) is 2. The Hall–Kier alpha value is -2.34. The van der Waals surface area contributed by atoms with Crippen molar-refractivity contribution in [3.05, 3.63) is 61.8 Å². The SMILES string of the molecule is CC(=S)NC[C@H]1CN(c2cc(F)c(Nc3ccc(I)ccc3=O)c(F)c2)C(=O)O1. The molecule has 2 aromatic rings. The minimum Gasteiger partial charge on any atom is -0.442 e. The Morgan fingerprint density at radius 1 is 1.24 bits per heavy atom. The maximum Gasteiger partial charge on any atom is 0.414 e. The van der Waals surface area contributed by atoms with Crippen molar-refractivity contribution in [1.29, 1.82) is 0 Å². The van der Waals surface area contributed by atoms with E-state index in [0.29, 0.717) is 11.5 Å². The van der Waals surface area contributed by atoms with Crippen LogP contribution in [0.1, 0.15) is 6.92 Å².